The largest absolute Gasteiger partial charge is 0.354 e. The van der Waals surface area contributed by atoms with Crippen molar-refractivity contribution in [3.8, 4) is 0 Å². The van der Waals surface area contributed by atoms with E-state index < -0.39 is 0 Å². The van der Waals surface area contributed by atoms with E-state index in [1.165, 1.54) is 5.56 Å². The van der Waals surface area contributed by atoms with Crippen LogP contribution in [0.2, 0.25) is 5.15 Å². The summed E-state index contributed by atoms with van der Waals surface area (Å²) in [7, 11) is 0. The Morgan fingerprint density at radius 1 is 0.951 bits per heavy atom. The Morgan fingerprint density at radius 3 is 2.34 bits per heavy atom. The van der Waals surface area contributed by atoms with Gasteiger partial charge in [0.15, 0.2) is 5.16 Å². The number of hydrogen-bond acceptors (Lipinski definition) is 6. The van der Waals surface area contributed by atoms with E-state index in [1.807, 2.05) is 73.7 Å². The van der Waals surface area contributed by atoms with Gasteiger partial charge in [-0.3, -0.25) is 9.69 Å². The van der Waals surface area contributed by atoms with E-state index in [1.54, 1.807) is 11.8 Å². The van der Waals surface area contributed by atoms with Crippen molar-refractivity contribution >= 4 is 41.2 Å². The molecule has 0 saturated carbocycles. The minimum Gasteiger partial charge on any atom is -0.354 e. The van der Waals surface area contributed by atoms with Gasteiger partial charge in [0.25, 0.3) is 5.91 Å². The molecule has 1 aliphatic heterocycles. The highest BCUT2D eigenvalue weighted by Crippen LogP contribution is 2.25. The van der Waals surface area contributed by atoms with Gasteiger partial charge in [0.1, 0.15) is 11.0 Å². The molecule has 3 aromatic carbocycles. The van der Waals surface area contributed by atoms with Crippen molar-refractivity contribution in [3.05, 3.63) is 124 Å². The van der Waals surface area contributed by atoms with Crippen LogP contribution in [0, 0.1) is 0 Å². The van der Waals surface area contributed by atoms with E-state index in [-0.39, 0.29) is 11.9 Å². The quantitative estimate of drug-likeness (QED) is 0.127. The summed E-state index contributed by atoms with van der Waals surface area (Å²) in [5.74, 6) is 1.46. The van der Waals surface area contributed by atoms with Crippen molar-refractivity contribution in [2.45, 2.75) is 23.9 Å². The van der Waals surface area contributed by atoms with Gasteiger partial charge in [-0.05, 0) is 35.7 Å². The number of amides is 1. The first-order chi connectivity index (χ1) is 20.0. The SMILES string of the molecule is CC(NC(=O)c1ccc(CSc2nc(Cl)cc(N3CCN(C/C=C/c4ccccc4)CC3)n2)cc1)c1ccccc1. The second-order valence-electron chi connectivity index (χ2n) is 10.0. The number of carbonyl (C=O) groups excluding carboxylic acids is 1. The molecule has 1 N–H and O–H groups in total. The van der Waals surface area contributed by atoms with Crippen LogP contribution >= 0.6 is 23.4 Å². The van der Waals surface area contributed by atoms with Gasteiger partial charge in [0.2, 0.25) is 0 Å². The predicted octanol–water partition coefficient (Wildman–Crippen LogP) is 6.75. The summed E-state index contributed by atoms with van der Waals surface area (Å²) in [6.45, 7) is 6.63. The standard InChI is InChI=1S/C33H34ClN5OS/c1-25(28-12-6-3-7-13-28)35-32(40)29-16-14-27(15-17-29)24-41-33-36-30(34)23-31(37-33)39-21-19-38(20-22-39)18-8-11-26-9-4-2-5-10-26/h2-17,23,25H,18-22,24H2,1H3,(H,35,40)/b11-8+. The molecule has 1 aliphatic rings. The first-order valence-corrected chi connectivity index (χ1v) is 15.2. The van der Waals surface area contributed by atoms with Crippen LogP contribution in [-0.2, 0) is 5.75 Å². The van der Waals surface area contributed by atoms with E-state index in [0.29, 0.717) is 21.6 Å². The third-order valence-corrected chi connectivity index (χ3v) is 8.17. The number of thioether (sulfide) groups is 1. The van der Waals surface area contributed by atoms with E-state index in [0.717, 1.165) is 49.7 Å². The predicted molar refractivity (Wildman–Crippen MR) is 169 cm³/mol. The Morgan fingerprint density at radius 2 is 1.63 bits per heavy atom. The van der Waals surface area contributed by atoms with Crippen LogP contribution in [0.5, 0.6) is 0 Å². The topological polar surface area (TPSA) is 61.4 Å². The number of hydrogen-bond donors (Lipinski definition) is 1. The minimum atomic E-state index is -0.0873. The second kappa shape index (κ2) is 14.3. The van der Waals surface area contributed by atoms with Gasteiger partial charge in [-0.25, -0.2) is 9.97 Å². The number of nitrogens with one attached hydrogen (secondary N) is 1. The summed E-state index contributed by atoms with van der Waals surface area (Å²) in [5, 5.41) is 4.16. The normalized spacial score (nSPS) is 14.7. The Bertz CT molecular complexity index is 1440. The number of aromatic nitrogens is 2. The van der Waals surface area contributed by atoms with Crippen molar-refractivity contribution < 1.29 is 4.79 Å². The zero-order valence-electron chi connectivity index (χ0n) is 23.1. The molecular weight excluding hydrogens is 550 g/mol. The maximum atomic E-state index is 12.7. The Balaban J connectivity index is 1.11. The van der Waals surface area contributed by atoms with Crippen LogP contribution in [0.4, 0.5) is 5.82 Å². The van der Waals surface area contributed by atoms with Gasteiger partial charge in [0, 0.05) is 50.1 Å². The van der Waals surface area contributed by atoms with Crippen LogP contribution in [0.1, 0.15) is 40.0 Å². The zero-order chi connectivity index (χ0) is 28.4. The van der Waals surface area contributed by atoms with E-state index in [9.17, 15) is 4.79 Å². The maximum absolute atomic E-state index is 12.7. The molecule has 0 spiro atoms. The molecule has 0 radical (unpaired) electrons. The Kier molecular flexibility index (Phi) is 10.1. The van der Waals surface area contributed by atoms with Crippen molar-refractivity contribution in [1.82, 2.24) is 20.2 Å². The van der Waals surface area contributed by atoms with Crippen molar-refractivity contribution in [2.75, 3.05) is 37.6 Å². The van der Waals surface area contributed by atoms with Crippen molar-refractivity contribution in [3.63, 3.8) is 0 Å². The molecule has 1 unspecified atom stereocenters. The molecule has 2 heterocycles. The van der Waals surface area contributed by atoms with Crippen LogP contribution in [-0.4, -0.2) is 53.5 Å². The third kappa shape index (κ3) is 8.43. The third-order valence-electron chi connectivity index (χ3n) is 7.06. The molecule has 1 atom stereocenters. The van der Waals surface area contributed by atoms with Gasteiger partial charge in [0.05, 0.1) is 6.04 Å². The molecule has 1 fully saturated rings. The number of halogens is 1. The van der Waals surface area contributed by atoms with Crippen molar-refractivity contribution in [2.24, 2.45) is 0 Å². The van der Waals surface area contributed by atoms with E-state index in [2.05, 4.69) is 56.5 Å². The number of anilines is 1. The van der Waals surface area contributed by atoms with Crippen molar-refractivity contribution in [1.29, 1.82) is 0 Å². The average molecular weight is 584 g/mol. The molecule has 1 aromatic heterocycles. The summed E-state index contributed by atoms with van der Waals surface area (Å²) in [5.41, 5.74) is 4.02. The van der Waals surface area contributed by atoms with E-state index >= 15 is 0 Å². The van der Waals surface area contributed by atoms with Crippen LogP contribution in [0.15, 0.2) is 102 Å². The molecule has 1 saturated heterocycles. The average Bonchev–Trinajstić information content (AvgIpc) is 3.01. The molecule has 0 bridgehead atoms. The van der Waals surface area contributed by atoms with Crippen LogP contribution in [0.3, 0.4) is 0 Å². The fourth-order valence-corrected chi connectivity index (χ4v) is 5.72. The molecule has 6 nitrogen and oxygen atoms in total. The summed E-state index contributed by atoms with van der Waals surface area (Å²) >= 11 is 7.94. The summed E-state index contributed by atoms with van der Waals surface area (Å²) in [6, 6.07) is 29.8. The monoisotopic (exact) mass is 583 g/mol. The highest BCUT2D eigenvalue weighted by molar-refractivity contribution is 7.98. The fraction of sp³-hybridized carbons (Fsp3) is 0.242. The van der Waals surface area contributed by atoms with Gasteiger partial charge in [-0.15, -0.1) is 0 Å². The number of rotatable bonds is 10. The molecule has 1 amide bonds. The molecule has 210 valence electrons. The molecule has 4 aromatic rings. The highest BCUT2D eigenvalue weighted by Gasteiger charge is 2.19. The fourth-order valence-electron chi connectivity index (χ4n) is 4.68. The lowest BCUT2D eigenvalue weighted by molar-refractivity contribution is 0.0940. The number of benzene rings is 3. The molecule has 0 aliphatic carbocycles. The second-order valence-corrected chi connectivity index (χ2v) is 11.4. The highest BCUT2D eigenvalue weighted by atomic mass is 35.5. The Labute approximate surface area is 251 Å². The van der Waals surface area contributed by atoms with Gasteiger partial charge >= 0.3 is 0 Å². The maximum Gasteiger partial charge on any atom is 0.251 e. The lowest BCUT2D eigenvalue weighted by Crippen LogP contribution is -2.46. The van der Waals surface area contributed by atoms with Crippen LogP contribution in [0.25, 0.3) is 6.08 Å². The lowest BCUT2D eigenvalue weighted by Gasteiger charge is -2.35. The number of nitrogens with zero attached hydrogens (tertiary/aromatic N) is 4. The molecule has 8 heteroatoms. The molecule has 41 heavy (non-hydrogen) atoms. The Hall–Kier alpha value is -3.65. The van der Waals surface area contributed by atoms with E-state index in [4.69, 9.17) is 16.6 Å². The van der Waals surface area contributed by atoms with Crippen LogP contribution < -0.4 is 10.2 Å². The first kappa shape index (κ1) is 28.9. The summed E-state index contributed by atoms with van der Waals surface area (Å²) in [6.07, 6.45) is 4.40. The number of carbonyl (C=O) groups is 1. The lowest BCUT2D eigenvalue weighted by atomic mass is 10.1. The zero-order valence-corrected chi connectivity index (χ0v) is 24.7. The minimum absolute atomic E-state index is 0.0624. The smallest absolute Gasteiger partial charge is 0.251 e. The summed E-state index contributed by atoms with van der Waals surface area (Å²) in [4.78, 5) is 26.7. The summed E-state index contributed by atoms with van der Waals surface area (Å²) < 4.78 is 0. The van der Waals surface area contributed by atoms with Gasteiger partial charge in [-0.2, -0.15) is 0 Å². The van der Waals surface area contributed by atoms with Gasteiger partial charge < -0.3 is 10.2 Å². The molecular formula is C33H34ClN5OS. The first-order valence-electron chi connectivity index (χ1n) is 13.8. The van der Waals surface area contributed by atoms with Gasteiger partial charge in [-0.1, -0.05) is 108 Å². The molecule has 5 rings (SSSR count). The number of piperazine rings is 1.